The molecule has 1 aliphatic heterocycles. The summed E-state index contributed by atoms with van der Waals surface area (Å²) >= 11 is 1.54. The molecule has 3 heterocycles. The lowest BCUT2D eigenvalue weighted by atomic mass is 10.3. The van der Waals surface area contributed by atoms with Gasteiger partial charge in [-0.05, 0) is 19.1 Å². The van der Waals surface area contributed by atoms with Gasteiger partial charge in [-0.15, -0.1) is 11.3 Å². The molecule has 0 unspecified atom stereocenters. The summed E-state index contributed by atoms with van der Waals surface area (Å²) in [6.07, 6.45) is 0. The van der Waals surface area contributed by atoms with E-state index in [2.05, 4.69) is 4.98 Å². The predicted molar refractivity (Wildman–Crippen MR) is 82.7 cm³/mol. The molecule has 0 saturated carbocycles. The molecule has 2 aromatic heterocycles. The Morgan fingerprint density at radius 2 is 1.86 bits per heavy atom. The van der Waals surface area contributed by atoms with Crippen LogP contribution in [-0.2, 0) is 4.79 Å². The topological polar surface area (TPSA) is 66.7 Å². The zero-order chi connectivity index (χ0) is 15.7. The Morgan fingerprint density at radius 1 is 1.18 bits per heavy atom. The average molecular weight is 319 g/mol. The Hall–Kier alpha value is -2.15. The Balaban J connectivity index is 1.69. The van der Waals surface area contributed by atoms with Gasteiger partial charge in [0.1, 0.15) is 5.69 Å². The van der Waals surface area contributed by atoms with Crippen LogP contribution in [0.3, 0.4) is 0 Å². The summed E-state index contributed by atoms with van der Waals surface area (Å²) in [6, 6.07) is 3.46. The van der Waals surface area contributed by atoms with Gasteiger partial charge in [0.05, 0.1) is 5.01 Å². The number of piperazine rings is 1. The molecule has 1 fully saturated rings. The van der Waals surface area contributed by atoms with E-state index in [0.717, 1.165) is 10.7 Å². The van der Waals surface area contributed by atoms with E-state index in [1.54, 1.807) is 40.2 Å². The van der Waals surface area contributed by atoms with Crippen molar-refractivity contribution in [1.82, 2.24) is 14.8 Å². The van der Waals surface area contributed by atoms with Crippen LogP contribution >= 0.6 is 11.3 Å². The van der Waals surface area contributed by atoms with Crippen LogP contribution < -0.4 is 0 Å². The Bertz CT molecular complexity index is 698. The van der Waals surface area contributed by atoms with E-state index in [0.29, 0.717) is 37.7 Å². The van der Waals surface area contributed by atoms with Gasteiger partial charge < -0.3 is 14.2 Å². The van der Waals surface area contributed by atoms with Gasteiger partial charge in [-0.1, -0.05) is 0 Å². The van der Waals surface area contributed by atoms with Crippen LogP contribution in [0.1, 0.15) is 22.5 Å². The fourth-order valence-electron chi connectivity index (χ4n) is 2.45. The van der Waals surface area contributed by atoms with Gasteiger partial charge in [0.2, 0.25) is 5.91 Å². The standard InChI is InChI=1S/C15H17N3O3S/c1-10-16-12(9-22-10)13-3-4-14(21-13)15(20)18-7-5-17(6-8-18)11(2)19/h3-4,9H,5-8H2,1-2H3. The van der Waals surface area contributed by atoms with E-state index >= 15 is 0 Å². The van der Waals surface area contributed by atoms with Crippen molar-refractivity contribution in [3.8, 4) is 11.5 Å². The van der Waals surface area contributed by atoms with E-state index in [1.807, 2.05) is 12.3 Å². The maximum Gasteiger partial charge on any atom is 0.289 e. The molecule has 7 heteroatoms. The summed E-state index contributed by atoms with van der Waals surface area (Å²) in [5.74, 6) is 0.833. The molecule has 6 nitrogen and oxygen atoms in total. The monoisotopic (exact) mass is 319 g/mol. The highest BCUT2D eigenvalue weighted by Crippen LogP contribution is 2.24. The number of thiazole rings is 1. The number of carbonyl (C=O) groups is 2. The van der Waals surface area contributed by atoms with Crippen LogP contribution in [0.25, 0.3) is 11.5 Å². The van der Waals surface area contributed by atoms with Crippen molar-refractivity contribution < 1.29 is 14.0 Å². The van der Waals surface area contributed by atoms with Crippen LogP contribution in [0, 0.1) is 6.92 Å². The molecular formula is C15H17N3O3S. The normalized spacial score (nSPS) is 15.2. The predicted octanol–water partition coefficient (Wildman–Crippen LogP) is 2.02. The molecule has 1 aliphatic rings. The minimum absolute atomic E-state index is 0.0475. The molecule has 116 valence electrons. The summed E-state index contributed by atoms with van der Waals surface area (Å²) in [5, 5.41) is 2.87. The number of aromatic nitrogens is 1. The van der Waals surface area contributed by atoms with Crippen molar-refractivity contribution >= 4 is 23.2 Å². The van der Waals surface area contributed by atoms with Crippen molar-refractivity contribution in [1.29, 1.82) is 0 Å². The first-order chi connectivity index (χ1) is 10.5. The SMILES string of the molecule is CC(=O)N1CCN(C(=O)c2ccc(-c3csc(C)n3)o2)CC1. The van der Waals surface area contributed by atoms with Gasteiger partial charge in [-0.25, -0.2) is 4.98 Å². The number of furan rings is 1. The lowest BCUT2D eigenvalue weighted by Crippen LogP contribution is -2.50. The van der Waals surface area contributed by atoms with Gasteiger partial charge in [0, 0.05) is 38.5 Å². The first-order valence-electron chi connectivity index (χ1n) is 7.12. The lowest BCUT2D eigenvalue weighted by molar-refractivity contribution is -0.130. The molecular weight excluding hydrogens is 302 g/mol. The third-order valence-electron chi connectivity index (χ3n) is 3.70. The van der Waals surface area contributed by atoms with Crippen LogP contribution in [-0.4, -0.2) is 52.8 Å². The largest absolute Gasteiger partial charge is 0.449 e. The van der Waals surface area contributed by atoms with Crippen LogP contribution in [0.4, 0.5) is 0 Å². The second-order valence-corrected chi connectivity index (χ2v) is 6.28. The number of hydrogen-bond donors (Lipinski definition) is 0. The van der Waals surface area contributed by atoms with Gasteiger partial charge in [-0.3, -0.25) is 9.59 Å². The maximum absolute atomic E-state index is 12.4. The third kappa shape index (κ3) is 2.89. The van der Waals surface area contributed by atoms with Crippen molar-refractivity contribution in [3.63, 3.8) is 0 Å². The number of aryl methyl sites for hydroxylation is 1. The van der Waals surface area contributed by atoms with E-state index in [9.17, 15) is 9.59 Å². The van der Waals surface area contributed by atoms with Crippen LogP contribution in [0.5, 0.6) is 0 Å². The summed E-state index contributed by atoms with van der Waals surface area (Å²) in [6.45, 7) is 5.68. The fraction of sp³-hybridized carbons (Fsp3) is 0.400. The quantitative estimate of drug-likeness (QED) is 0.849. The molecule has 3 rings (SSSR count). The molecule has 0 atom stereocenters. The third-order valence-corrected chi connectivity index (χ3v) is 4.47. The molecule has 0 radical (unpaired) electrons. The summed E-state index contributed by atoms with van der Waals surface area (Å²) in [4.78, 5) is 31.6. The molecule has 0 aromatic carbocycles. The van der Waals surface area contributed by atoms with Crippen LogP contribution in [0.15, 0.2) is 21.9 Å². The van der Waals surface area contributed by atoms with Gasteiger partial charge >= 0.3 is 0 Å². The number of amides is 2. The second kappa shape index (κ2) is 5.92. The molecule has 2 amide bonds. The highest BCUT2D eigenvalue weighted by molar-refractivity contribution is 7.09. The molecule has 22 heavy (non-hydrogen) atoms. The Morgan fingerprint density at radius 3 is 2.45 bits per heavy atom. The average Bonchev–Trinajstić information content (AvgIpc) is 3.15. The highest BCUT2D eigenvalue weighted by atomic mass is 32.1. The first kappa shape index (κ1) is 14.8. The minimum atomic E-state index is -0.138. The van der Waals surface area contributed by atoms with Crippen LogP contribution in [0.2, 0.25) is 0 Å². The molecule has 0 aliphatic carbocycles. The molecule has 0 bridgehead atoms. The smallest absolute Gasteiger partial charge is 0.289 e. The number of carbonyl (C=O) groups excluding carboxylic acids is 2. The van der Waals surface area contributed by atoms with Gasteiger partial charge in [-0.2, -0.15) is 0 Å². The van der Waals surface area contributed by atoms with Crippen molar-refractivity contribution in [2.24, 2.45) is 0 Å². The highest BCUT2D eigenvalue weighted by Gasteiger charge is 2.25. The lowest BCUT2D eigenvalue weighted by Gasteiger charge is -2.33. The number of rotatable bonds is 2. The zero-order valence-electron chi connectivity index (χ0n) is 12.5. The van der Waals surface area contributed by atoms with Gasteiger partial charge in [0.25, 0.3) is 5.91 Å². The second-order valence-electron chi connectivity index (χ2n) is 5.21. The van der Waals surface area contributed by atoms with E-state index in [-0.39, 0.29) is 11.8 Å². The molecule has 0 N–H and O–H groups in total. The van der Waals surface area contributed by atoms with Crippen molar-refractivity contribution in [2.75, 3.05) is 26.2 Å². The molecule has 1 saturated heterocycles. The first-order valence-corrected chi connectivity index (χ1v) is 7.99. The molecule has 2 aromatic rings. The number of hydrogen-bond acceptors (Lipinski definition) is 5. The maximum atomic E-state index is 12.4. The zero-order valence-corrected chi connectivity index (χ0v) is 13.4. The number of nitrogens with zero attached hydrogens (tertiary/aromatic N) is 3. The van der Waals surface area contributed by atoms with Gasteiger partial charge in [0.15, 0.2) is 11.5 Å². The van der Waals surface area contributed by atoms with E-state index in [1.165, 1.54) is 0 Å². The Labute approximate surface area is 132 Å². The molecule has 0 spiro atoms. The summed E-state index contributed by atoms with van der Waals surface area (Å²) < 4.78 is 5.64. The summed E-state index contributed by atoms with van der Waals surface area (Å²) in [5.41, 5.74) is 0.753. The van der Waals surface area contributed by atoms with E-state index in [4.69, 9.17) is 4.42 Å². The van der Waals surface area contributed by atoms with Crippen molar-refractivity contribution in [2.45, 2.75) is 13.8 Å². The fourth-order valence-corrected chi connectivity index (χ4v) is 3.05. The van der Waals surface area contributed by atoms with Crippen molar-refractivity contribution in [3.05, 3.63) is 28.3 Å². The van der Waals surface area contributed by atoms with E-state index < -0.39 is 0 Å². The minimum Gasteiger partial charge on any atom is -0.449 e. The summed E-state index contributed by atoms with van der Waals surface area (Å²) in [7, 11) is 0. The Kier molecular flexibility index (Phi) is 3.98.